The number of carboxylic acids is 1. The number of furan rings is 1. The van der Waals surface area contributed by atoms with E-state index < -0.39 is 11.9 Å². The molecule has 0 unspecified atom stereocenters. The molecule has 23 heavy (non-hydrogen) atoms. The number of carbonyl (C=O) groups is 2. The topological polar surface area (TPSA) is 98.0 Å². The van der Waals surface area contributed by atoms with Crippen molar-refractivity contribution in [1.29, 1.82) is 0 Å². The summed E-state index contributed by atoms with van der Waals surface area (Å²) in [5, 5.41) is 11.5. The largest absolute Gasteiger partial charge is 0.477 e. The fourth-order valence-electron chi connectivity index (χ4n) is 1.94. The standard InChI is InChI=1S/C15H10BrNO6/c16-13-4-3-11(23-13)14(18)17-9(15(19)20)5-8-1-2-10-12(6-8)22-7-21-10/h1-6H,7H2,(H,17,18)(H,19,20). The molecule has 1 aromatic carbocycles. The second-order valence-corrected chi connectivity index (χ2v) is 5.32. The Hall–Kier alpha value is -2.74. The SMILES string of the molecule is O=C(O)C(=Cc1ccc2c(c1)OCO2)NC(=O)c1ccc(Br)o1. The number of rotatable bonds is 4. The average Bonchev–Trinajstić information content (AvgIpc) is 3.14. The van der Waals surface area contributed by atoms with E-state index in [0.29, 0.717) is 21.7 Å². The first-order chi connectivity index (χ1) is 11.0. The lowest BCUT2D eigenvalue weighted by Gasteiger charge is -2.05. The molecule has 0 saturated carbocycles. The zero-order valence-corrected chi connectivity index (χ0v) is 13.1. The number of carboxylic acid groups (broad SMARTS) is 1. The average molecular weight is 380 g/mol. The number of amides is 1. The van der Waals surface area contributed by atoms with Gasteiger partial charge in [0.2, 0.25) is 6.79 Å². The molecular formula is C15H10BrNO6. The van der Waals surface area contributed by atoms with Crippen molar-refractivity contribution in [3.8, 4) is 11.5 Å². The smallest absolute Gasteiger partial charge is 0.352 e. The highest BCUT2D eigenvalue weighted by atomic mass is 79.9. The molecule has 2 heterocycles. The van der Waals surface area contributed by atoms with Gasteiger partial charge in [0.05, 0.1) is 0 Å². The van der Waals surface area contributed by atoms with Crippen LogP contribution in [0.4, 0.5) is 0 Å². The number of aliphatic carboxylic acids is 1. The summed E-state index contributed by atoms with van der Waals surface area (Å²) < 4.78 is 15.9. The van der Waals surface area contributed by atoms with Crippen LogP contribution in [-0.4, -0.2) is 23.8 Å². The molecule has 0 radical (unpaired) electrons. The summed E-state index contributed by atoms with van der Waals surface area (Å²) in [7, 11) is 0. The highest BCUT2D eigenvalue weighted by Gasteiger charge is 2.17. The Morgan fingerprint density at radius 2 is 1.96 bits per heavy atom. The van der Waals surface area contributed by atoms with E-state index in [1.807, 2.05) is 0 Å². The minimum Gasteiger partial charge on any atom is -0.477 e. The third kappa shape index (κ3) is 3.37. The van der Waals surface area contributed by atoms with Gasteiger partial charge in [-0.1, -0.05) is 6.07 Å². The van der Waals surface area contributed by atoms with Gasteiger partial charge in [0.1, 0.15) is 5.70 Å². The molecule has 0 fully saturated rings. The monoisotopic (exact) mass is 379 g/mol. The van der Waals surface area contributed by atoms with Crippen LogP contribution >= 0.6 is 15.9 Å². The number of fused-ring (bicyclic) bond motifs is 1. The van der Waals surface area contributed by atoms with Gasteiger partial charge in [-0.3, -0.25) is 4.79 Å². The number of hydrogen-bond donors (Lipinski definition) is 2. The first-order valence-corrected chi connectivity index (χ1v) is 7.23. The van der Waals surface area contributed by atoms with Crippen molar-refractivity contribution in [2.24, 2.45) is 0 Å². The number of carbonyl (C=O) groups excluding carboxylic acids is 1. The van der Waals surface area contributed by atoms with Gasteiger partial charge in [-0.2, -0.15) is 0 Å². The Kier molecular flexibility index (Phi) is 4.07. The van der Waals surface area contributed by atoms with Crippen LogP contribution < -0.4 is 14.8 Å². The van der Waals surface area contributed by atoms with Crippen LogP contribution in [0.15, 0.2) is 45.1 Å². The van der Waals surface area contributed by atoms with Gasteiger partial charge in [-0.05, 0) is 51.8 Å². The maximum atomic E-state index is 12.0. The van der Waals surface area contributed by atoms with Gasteiger partial charge < -0.3 is 24.3 Å². The van der Waals surface area contributed by atoms with E-state index in [0.717, 1.165) is 0 Å². The van der Waals surface area contributed by atoms with Crippen molar-refractivity contribution < 1.29 is 28.6 Å². The van der Waals surface area contributed by atoms with Crippen LogP contribution in [0.25, 0.3) is 6.08 Å². The van der Waals surface area contributed by atoms with Crippen LogP contribution in [-0.2, 0) is 4.79 Å². The van der Waals surface area contributed by atoms with Gasteiger partial charge in [-0.25, -0.2) is 4.79 Å². The second kappa shape index (κ2) is 6.17. The van der Waals surface area contributed by atoms with Crippen molar-refractivity contribution in [3.63, 3.8) is 0 Å². The Labute approximate surface area is 138 Å². The van der Waals surface area contributed by atoms with Crippen LogP contribution in [0.1, 0.15) is 16.1 Å². The molecule has 3 rings (SSSR count). The lowest BCUT2D eigenvalue weighted by molar-refractivity contribution is -0.132. The second-order valence-electron chi connectivity index (χ2n) is 4.53. The Morgan fingerprint density at radius 3 is 2.65 bits per heavy atom. The summed E-state index contributed by atoms with van der Waals surface area (Å²) in [4.78, 5) is 23.3. The van der Waals surface area contributed by atoms with Gasteiger partial charge >= 0.3 is 5.97 Å². The fourth-order valence-corrected chi connectivity index (χ4v) is 2.25. The predicted molar refractivity (Wildman–Crippen MR) is 82.1 cm³/mol. The number of benzene rings is 1. The van der Waals surface area contributed by atoms with E-state index in [9.17, 15) is 14.7 Å². The van der Waals surface area contributed by atoms with Crippen LogP contribution in [0.5, 0.6) is 11.5 Å². The molecule has 118 valence electrons. The van der Waals surface area contributed by atoms with Crippen LogP contribution in [0.2, 0.25) is 0 Å². The van der Waals surface area contributed by atoms with Gasteiger partial charge in [0, 0.05) is 0 Å². The number of nitrogens with one attached hydrogen (secondary N) is 1. The Bertz CT molecular complexity index is 810. The lowest BCUT2D eigenvalue weighted by atomic mass is 10.1. The molecule has 0 spiro atoms. The highest BCUT2D eigenvalue weighted by Crippen LogP contribution is 2.33. The fraction of sp³-hybridized carbons (Fsp3) is 0.0667. The first-order valence-electron chi connectivity index (χ1n) is 6.44. The van der Waals surface area contributed by atoms with E-state index in [2.05, 4.69) is 21.2 Å². The zero-order chi connectivity index (χ0) is 16.4. The quantitative estimate of drug-likeness (QED) is 0.792. The van der Waals surface area contributed by atoms with Gasteiger partial charge in [0.25, 0.3) is 5.91 Å². The summed E-state index contributed by atoms with van der Waals surface area (Å²) >= 11 is 3.07. The normalized spacial score (nSPS) is 13.0. The third-order valence-electron chi connectivity index (χ3n) is 2.98. The Morgan fingerprint density at radius 1 is 1.17 bits per heavy atom. The number of halogens is 1. The number of hydrogen-bond acceptors (Lipinski definition) is 5. The Balaban J connectivity index is 1.83. The van der Waals surface area contributed by atoms with Crippen LogP contribution in [0, 0.1) is 0 Å². The van der Waals surface area contributed by atoms with Crippen molar-refractivity contribution in [2.75, 3.05) is 6.79 Å². The summed E-state index contributed by atoms with van der Waals surface area (Å²) in [6, 6.07) is 7.92. The summed E-state index contributed by atoms with van der Waals surface area (Å²) in [5.74, 6) is -0.838. The predicted octanol–water partition coefficient (Wildman–Crippen LogP) is 2.63. The molecule has 7 nitrogen and oxygen atoms in total. The van der Waals surface area contributed by atoms with Gasteiger partial charge in [-0.15, -0.1) is 0 Å². The molecule has 2 N–H and O–H groups in total. The summed E-state index contributed by atoms with van der Waals surface area (Å²) in [6.45, 7) is 0.123. The molecule has 0 bridgehead atoms. The number of ether oxygens (including phenoxy) is 2. The molecule has 2 aromatic rings. The molecular weight excluding hydrogens is 370 g/mol. The van der Waals surface area contributed by atoms with Crippen molar-refractivity contribution in [2.45, 2.75) is 0 Å². The van der Waals surface area contributed by atoms with Crippen molar-refractivity contribution in [1.82, 2.24) is 5.32 Å². The maximum Gasteiger partial charge on any atom is 0.352 e. The molecule has 0 aliphatic carbocycles. The molecule has 0 atom stereocenters. The minimum absolute atomic E-state index is 0.00490. The maximum absolute atomic E-state index is 12.0. The molecule has 1 amide bonds. The van der Waals surface area contributed by atoms with Crippen molar-refractivity contribution >= 4 is 33.9 Å². The van der Waals surface area contributed by atoms with Crippen LogP contribution in [0.3, 0.4) is 0 Å². The van der Waals surface area contributed by atoms with E-state index in [4.69, 9.17) is 13.9 Å². The van der Waals surface area contributed by atoms with Gasteiger partial charge in [0.15, 0.2) is 21.9 Å². The first kappa shape index (κ1) is 15.2. The van der Waals surface area contributed by atoms with E-state index in [-0.39, 0.29) is 18.3 Å². The van der Waals surface area contributed by atoms with E-state index in [1.165, 1.54) is 18.2 Å². The molecule has 1 aliphatic heterocycles. The third-order valence-corrected chi connectivity index (χ3v) is 3.41. The summed E-state index contributed by atoms with van der Waals surface area (Å²) in [6.07, 6.45) is 1.32. The highest BCUT2D eigenvalue weighted by molar-refractivity contribution is 9.10. The molecule has 0 saturated heterocycles. The minimum atomic E-state index is -1.28. The lowest BCUT2D eigenvalue weighted by Crippen LogP contribution is -2.26. The van der Waals surface area contributed by atoms with E-state index in [1.54, 1.807) is 18.2 Å². The zero-order valence-electron chi connectivity index (χ0n) is 11.5. The summed E-state index contributed by atoms with van der Waals surface area (Å²) in [5.41, 5.74) is 0.258. The molecule has 8 heteroatoms. The van der Waals surface area contributed by atoms with E-state index >= 15 is 0 Å². The molecule has 1 aliphatic rings. The molecule has 1 aromatic heterocycles. The van der Waals surface area contributed by atoms with Crippen molar-refractivity contribution in [3.05, 3.63) is 52.0 Å².